The number of aliphatic hydroxyl groups is 1. The quantitative estimate of drug-likeness (QED) is 0.242. The van der Waals surface area contributed by atoms with E-state index in [9.17, 15) is 20.3 Å². The maximum Gasteiger partial charge on any atom is 0.335 e. The van der Waals surface area contributed by atoms with Crippen LogP contribution >= 0.6 is 11.8 Å². The first kappa shape index (κ1) is 34.1. The van der Waals surface area contributed by atoms with Crippen LogP contribution in [0.5, 0.6) is 23.0 Å². The SMILES string of the molecule is COc1c(C)cc2c(c1O)[C@@H]1[C@@H]3[C@@H]4SC[C@]5(N[C@@H](CO)Cc6c5oc5ccccc65)C(=O)OC[C@@H](c5c6c(c(C)c(C)c54)OCO6)N3[C@@H](C#N)[C@H](C2)N1C. The van der Waals surface area contributed by atoms with Crippen molar-refractivity contribution in [2.45, 2.75) is 80.7 Å². The Bertz CT molecular complexity index is 2320. The van der Waals surface area contributed by atoms with E-state index < -0.39 is 29.6 Å². The summed E-state index contributed by atoms with van der Waals surface area (Å²) in [5, 5.41) is 37.9. The minimum atomic E-state index is -1.42. The Morgan fingerprint density at radius 3 is 2.67 bits per heavy atom. The van der Waals surface area contributed by atoms with E-state index in [1.807, 2.05) is 38.1 Å². The van der Waals surface area contributed by atoms with Crippen molar-refractivity contribution < 1.29 is 38.4 Å². The lowest BCUT2D eigenvalue weighted by molar-refractivity contribution is -0.158. The molecule has 7 aliphatic rings. The molecule has 3 N–H and O–H groups in total. The number of aryl methyl sites for hydroxylation is 1. The Morgan fingerprint density at radius 1 is 1.09 bits per heavy atom. The summed E-state index contributed by atoms with van der Waals surface area (Å²) < 4.78 is 31.2. The molecule has 0 amide bonds. The van der Waals surface area contributed by atoms with Crippen LogP contribution in [0.15, 0.2) is 34.7 Å². The molecule has 280 valence electrons. The number of phenolic OH excluding ortho intramolecular Hbond substituents is 1. The zero-order valence-electron chi connectivity index (χ0n) is 30.8. The number of aromatic hydroxyl groups is 1. The van der Waals surface area contributed by atoms with Crippen LogP contribution in [0.4, 0.5) is 0 Å². The van der Waals surface area contributed by atoms with E-state index in [1.165, 1.54) is 0 Å². The molecule has 0 saturated carbocycles. The lowest BCUT2D eigenvalue weighted by atomic mass is 9.71. The maximum atomic E-state index is 14.9. The number of hydrogen-bond acceptors (Lipinski definition) is 13. The number of ether oxygens (including phenoxy) is 4. The van der Waals surface area contributed by atoms with Gasteiger partial charge in [-0.25, -0.2) is 4.79 Å². The molecule has 1 aromatic heterocycles. The summed E-state index contributed by atoms with van der Waals surface area (Å²) in [6.45, 7) is 5.91. The molecule has 2 saturated heterocycles. The number of furan rings is 1. The van der Waals surface area contributed by atoms with Crippen molar-refractivity contribution in [2.75, 3.05) is 39.9 Å². The third-order valence-corrected chi connectivity index (χ3v) is 14.6. The van der Waals surface area contributed by atoms with Gasteiger partial charge in [-0.3, -0.25) is 15.1 Å². The van der Waals surface area contributed by atoms with Gasteiger partial charge in [-0.15, -0.1) is 11.8 Å². The maximum absolute atomic E-state index is 14.9. The number of rotatable bonds is 2. The van der Waals surface area contributed by atoms with Crippen LogP contribution in [0.25, 0.3) is 11.0 Å². The van der Waals surface area contributed by atoms with Crippen LogP contribution in [0.1, 0.15) is 67.6 Å². The molecule has 7 aliphatic heterocycles. The highest BCUT2D eigenvalue weighted by molar-refractivity contribution is 7.99. The Hall–Kier alpha value is -4.45. The second-order valence-electron chi connectivity index (χ2n) is 15.6. The number of thioether (sulfide) groups is 1. The number of fused-ring (bicyclic) bond motifs is 11. The van der Waals surface area contributed by atoms with Crippen molar-refractivity contribution in [3.05, 3.63) is 80.6 Å². The van der Waals surface area contributed by atoms with E-state index in [-0.39, 0.29) is 54.9 Å². The second kappa shape index (κ2) is 12.0. The number of para-hydroxylation sites is 1. The number of carbonyl (C=O) groups is 1. The molecule has 1 spiro atoms. The first-order valence-corrected chi connectivity index (χ1v) is 19.6. The van der Waals surface area contributed by atoms with Gasteiger partial charge in [0.15, 0.2) is 28.5 Å². The fourth-order valence-electron chi connectivity index (χ4n) is 10.7. The summed E-state index contributed by atoms with van der Waals surface area (Å²) in [6.07, 6.45) is 1.04. The number of benzene rings is 3. The Morgan fingerprint density at radius 2 is 1.89 bits per heavy atom. The number of methoxy groups -OCH3 is 1. The summed E-state index contributed by atoms with van der Waals surface area (Å²) in [6, 6.07) is 10.0. The van der Waals surface area contributed by atoms with Gasteiger partial charge in [0.1, 0.15) is 24.0 Å². The fraction of sp³-hybridized carbons (Fsp3) is 0.463. The van der Waals surface area contributed by atoms with Gasteiger partial charge in [0.25, 0.3) is 0 Å². The van der Waals surface area contributed by atoms with Gasteiger partial charge in [-0.2, -0.15) is 5.26 Å². The molecule has 0 aliphatic carbocycles. The molecule has 2 fully saturated rings. The van der Waals surface area contributed by atoms with E-state index in [2.05, 4.69) is 41.2 Å². The van der Waals surface area contributed by atoms with Crippen LogP contribution in [0.3, 0.4) is 0 Å². The summed E-state index contributed by atoms with van der Waals surface area (Å²) in [5.41, 5.74) is 6.75. The minimum absolute atomic E-state index is 0.0697. The van der Waals surface area contributed by atoms with Crippen molar-refractivity contribution in [3.8, 4) is 29.1 Å². The molecule has 12 nitrogen and oxygen atoms in total. The predicted molar refractivity (Wildman–Crippen MR) is 199 cm³/mol. The summed E-state index contributed by atoms with van der Waals surface area (Å²) >= 11 is 1.61. The number of nitriles is 1. The van der Waals surface area contributed by atoms with Gasteiger partial charge in [-0.05, 0) is 74.5 Å². The van der Waals surface area contributed by atoms with E-state index in [0.29, 0.717) is 41.4 Å². The second-order valence-corrected chi connectivity index (χ2v) is 16.7. The monoisotopic (exact) mass is 750 g/mol. The highest BCUT2D eigenvalue weighted by Crippen LogP contribution is 2.63. The molecular weight excluding hydrogens is 709 g/mol. The standard InChI is InChI=1S/C41H42N4O8S/c1-18-10-21-11-25-26(13-42)45-27-15-50-40(48)41(39-24(12-22(14-46)43-41)23-8-6-7-9-28(23)53-39)16-54-38(29-19(2)20(3)36-37(31(27)29)52-17-51-36)33(45)32(44(25)4)30(21)34(47)35(18)49-5/h6-10,22,25-27,32-33,38,43,46-47H,11-12,14-17H2,1-5H3/t22-,25+,26+,27+,32-,33-,38-,41-/m1/s1. The van der Waals surface area contributed by atoms with E-state index >= 15 is 0 Å². The van der Waals surface area contributed by atoms with E-state index in [0.717, 1.165) is 49.9 Å². The molecule has 3 aromatic carbocycles. The third kappa shape index (κ3) is 4.31. The number of esters is 1. The topological polar surface area (TPSA) is 150 Å². The van der Waals surface area contributed by atoms with Crippen molar-refractivity contribution in [3.63, 3.8) is 0 Å². The van der Waals surface area contributed by atoms with Gasteiger partial charge in [0, 0.05) is 51.2 Å². The number of aliphatic hydroxyl groups excluding tert-OH is 1. The lowest BCUT2D eigenvalue weighted by Crippen LogP contribution is -2.69. The fourth-order valence-corrected chi connectivity index (χ4v) is 12.4. The molecule has 8 heterocycles. The summed E-state index contributed by atoms with van der Waals surface area (Å²) in [5.74, 6) is 2.08. The van der Waals surface area contributed by atoms with Crippen LogP contribution in [-0.4, -0.2) is 90.1 Å². The first-order valence-electron chi connectivity index (χ1n) is 18.5. The number of nitrogens with one attached hydrogen (secondary N) is 1. The van der Waals surface area contributed by atoms with Gasteiger partial charge in [0.05, 0.1) is 31.9 Å². The van der Waals surface area contributed by atoms with E-state index in [4.69, 9.17) is 23.4 Å². The number of phenols is 1. The van der Waals surface area contributed by atoms with Crippen LogP contribution < -0.4 is 19.5 Å². The van der Waals surface area contributed by atoms with Gasteiger partial charge in [0.2, 0.25) is 6.79 Å². The average molecular weight is 751 g/mol. The summed E-state index contributed by atoms with van der Waals surface area (Å²) in [7, 11) is 3.63. The van der Waals surface area contributed by atoms with Crippen LogP contribution in [-0.2, 0) is 27.9 Å². The largest absolute Gasteiger partial charge is 0.504 e. The molecule has 11 rings (SSSR count). The first-order chi connectivity index (χ1) is 26.1. The molecule has 13 heteroatoms. The molecule has 4 bridgehead atoms. The van der Waals surface area contributed by atoms with Gasteiger partial charge >= 0.3 is 5.97 Å². The van der Waals surface area contributed by atoms with Crippen molar-refractivity contribution in [1.29, 1.82) is 5.26 Å². The zero-order valence-corrected chi connectivity index (χ0v) is 31.6. The molecule has 4 aromatic rings. The van der Waals surface area contributed by atoms with Gasteiger partial charge < -0.3 is 33.6 Å². The molecule has 0 radical (unpaired) electrons. The highest BCUT2D eigenvalue weighted by Gasteiger charge is 2.62. The van der Waals surface area contributed by atoms with E-state index in [1.54, 1.807) is 18.9 Å². The number of piperazine rings is 1. The third-order valence-electron chi connectivity index (χ3n) is 13.1. The number of likely N-dealkylation sites (N-methyl/N-ethyl adjacent to an activating group) is 1. The lowest BCUT2D eigenvalue weighted by Gasteiger charge is -2.62. The Balaban J connectivity index is 1.23. The smallest absolute Gasteiger partial charge is 0.335 e. The normalized spacial score (nSPS) is 31.0. The molecule has 0 unspecified atom stereocenters. The average Bonchev–Trinajstić information content (AvgIpc) is 3.81. The molecule has 54 heavy (non-hydrogen) atoms. The number of hydrogen-bond donors (Lipinski definition) is 3. The number of nitrogens with zero attached hydrogens (tertiary/aromatic N) is 3. The number of carbonyl (C=O) groups excluding carboxylic acids is 1. The van der Waals surface area contributed by atoms with Crippen LogP contribution in [0, 0.1) is 32.1 Å². The Kier molecular flexibility index (Phi) is 7.59. The van der Waals surface area contributed by atoms with Crippen molar-refractivity contribution in [1.82, 2.24) is 15.1 Å². The molecular formula is C41H42N4O8S. The predicted octanol–water partition coefficient (Wildman–Crippen LogP) is 4.76. The highest BCUT2D eigenvalue weighted by atomic mass is 32.2. The minimum Gasteiger partial charge on any atom is -0.504 e. The van der Waals surface area contributed by atoms with Crippen molar-refractivity contribution in [2.24, 2.45) is 0 Å². The summed E-state index contributed by atoms with van der Waals surface area (Å²) in [4.78, 5) is 19.4. The molecule has 8 atom stereocenters. The van der Waals surface area contributed by atoms with Gasteiger partial charge in [-0.1, -0.05) is 24.3 Å². The van der Waals surface area contributed by atoms with Crippen molar-refractivity contribution >= 4 is 28.7 Å². The Labute approximate surface area is 316 Å². The van der Waals surface area contributed by atoms with Crippen LogP contribution in [0.2, 0.25) is 0 Å². The zero-order chi connectivity index (χ0) is 37.4.